The second-order valence-corrected chi connectivity index (χ2v) is 12.3. The summed E-state index contributed by atoms with van der Waals surface area (Å²) in [6.07, 6.45) is -2.51. The van der Waals surface area contributed by atoms with Crippen LogP contribution in [0.5, 0.6) is 0 Å². The Morgan fingerprint density at radius 2 is 1.95 bits per heavy atom. The average Bonchev–Trinajstić information content (AvgIpc) is 3.51. The average molecular weight is 593 g/mol. The zero-order valence-corrected chi connectivity index (χ0v) is 22.5. The highest BCUT2D eigenvalue weighted by molar-refractivity contribution is 7.89. The molecule has 212 valence electrons. The molecule has 0 atom stereocenters. The van der Waals surface area contributed by atoms with Gasteiger partial charge in [0, 0.05) is 38.3 Å². The maximum Gasteiger partial charge on any atom is 0.291 e. The second kappa shape index (κ2) is 10.3. The van der Waals surface area contributed by atoms with Crippen LogP contribution in [0.1, 0.15) is 26.7 Å². The third-order valence-electron chi connectivity index (χ3n) is 6.50. The van der Waals surface area contributed by atoms with Crippen LogP contribution in [0.3, 0.4) is 0 Å². The standard InChI is InChI=1S/C22H25F4N7O4S2/c1-12(2)21(34)32-5-3-31(4-6-32)16-13-7-27-18(20-29-28-19(38-20)17(25)26)33(13)8-14(15(16)24)39(35,36)30-22(9-23)10-37-11-22/h7-8,12,17,30H,3-6,9-11H2,1-2H3/i7D. The lowest BCUT2D eigenvalue weighted by Gasteiger charge is -2.39. The number of piperazine rings is 1. The van der Waals surface area contributed by atoms with Crippen molar-refractivity contribution in [1.29, 1.82) is 0 Å². The Hall–Kier alpha value is -2.89. The van der Waals surface area contributed by atoms with E-state index in [1.165, 1.54) is 4.90 Å². The van der Waals surface area contributed by atoms with Crippen LogP contribution < -0.4 is 9.62 Å². The molecule has 1 N–H and O–H groups in total. The van der Waals surface area contributed by atoms with Gasteiger partial charge in [0.25, 0.3) is 6.43 Å². The van der Waals surface area contributed by atoms with Crippen molar-refractivity contribution in [2.75, 3.05) is 51.0 Å². The molecule has 17 heteroatoms. The number of nitrogens with one attached hydrogen (secondary N) is 1. The number of hydrogen-bond donors (Lipinski definition) is 1. The SMILES string of the molecule is [2H]c1nc(-c2nnc(C(F)F)s2)n2cc(S(=O)(=O)NC3(CF)COC3)c(F)c(N3CCN(C(=O)C(C)C)CC3)c12. The molecule has 0 unspecified atom stereocenters. The lowest BCUT2D eigenvalue weighted by atomic mass is 10.0. The van der Waals surface area contributed by atoms with Gasteiger partial charge in [-0.1, -0.05) is 25.2 Å². The molecule has 0 spiro atoms. The highest BCUT2D eigenvalue weighted by atomic mass is 32.2. The van der Waals surface area contributed by atoms with E-state index in [0.29, 0.717) is 11.3 Å². The van der Waals surface area contributed by atoms with E-state index >= 15 is 4.39 Å². The molecule has 11 nitrogen and oxygen atoms in total. The van der Waals surface area contributed by atoms with Gasteiger partial charge in [-0.2, -0.15) is 4.72 Å². The molecule has 0 bridgehead atoms. The summed E-state index contributed by atoms with van der Waals surface area (Å²) in [7, 11) is -4.71. The van der Waals surface area contributed by atoms with Crippen LogP contribution in [-0.2, 0) is 19.6 Å². The molecule has 1 amide bonds. The number of amides is 1. The number of sulfonamides is 1. The van der Waals surface area contributed by atoms with E-state index in [9.17, 15) is 26.4 Å². The third kappa shape index (κ3) is 4.96. The molecular weight excluding hydrogens is 566 g/mol. The van der Waals surface area contributed by atoms with Crippen molar-refractivity contribution < 1.29 is 36.9 Å². The molecule has 2 saturated heterocycles. The molecule has 5 heterocycles. The fraction of sp³-hybridized carbons (Fsp3) is 0.545. The molecule has 0 saturated carbocycles. The van der Waals surface area contributed by atoms with Gasteiger partial charge in [0.05, 0.1) is 26.3 Å². The first-order chi connectivity index (χ1) is 18.9. The number of pyridine rings is 1. The summed E-state index contributed by atoms with van der Waals surface area (Å²) >= 11 is 0.492. The minimum Gasteiger partial charge on any atom is -0.377 e. The number of ether oxygens (including phenoxy) is 1. The monoisotopic (exact) mass is 592 g/mol. The van der Waals surface area contributed by atoms with Crippen molar-refractivity contribution in [2.45, 2.75) is 30.7 Å². The maximum absolute atomic E-state index is 16.3. The molecular formula is C22H25F4N7O4S2. The van der Waals surface area contributed by atoms with Gasteiger partial charge in [0.2, 0.25) is 15.9 Å². The molecule has 0 aliphatic carbocycles. The summed E-state index contributed by atoms with van der Waals surface area (Å²) in [5.41, 5.74) is -1.97. The van der Waals surface area contributed by atoms with Gasteiger partial charge in [0.1, 0.15) is 22.8 Å². The number of hydrogen-bond acceptors (Lipinski definition) is 9. The van der Waals surface area contributed by atoms with Crippen molar-refractivity contribution in [1.82, 2.24) is 29.2 Å². The van der Waals surface area contributed by atoms with E-state index in [1.54, 1.807) is 18.7 Å². The lowest BCUT2D eigenvalue weighted by molar-refractivity contribution is -0.134. The Bertz CT molecular complexity index is 1550. The van der Waals surface area contributed by atoms with Gasteiger partial charge in [-0.05, 0) is 0 Å². The van der Waals surface area contributed by atoms with Crippen molar-refractivity contribution in [2.24, 2.45) is 5.92 Å². The highest BCUT2D eigenvalue weighted by Crippen LogP contribution is 2.36. The van der Waals surface area contributed by atoms with Crippen LogP contribution in [-0.4, -0.2) is 90.4 Å². The van der Waals surface area contributed by atoms with Gasteiger partial charge in [0.15, 0.2) is 21.7 Å². The predicted molar refractivity (Wildman–Crippen MR) is 132 cm³/mol. The number of carbonyl (C=O) groups is 1. The Morgan fingerprint density at radius 3 is 2.49 bits per heavy atom. The van der Waals surface area contributed by atoms with Crippen LogP contribution in [0.4, 0.5) is 23.2 Å². The number of rotatable bonds is 8. The first kappa shape index (κ1) is 26.3. The normalized spacial score (nSPS) is 18.2. The van der Waals surface area contributed by atoms with Crippen molar-refractivity contribution in [3.05, 3.63) is 23.2 Å². The van der Waals surface area contributed by atoms with Gasteiger partial charge in [-0.15, -0.1) is 10.2 Å². The number of fused-ring (bicyclic) bond motifs is 1. The van der Waals surface area contributed by atoms with Gasteiger partial charge >= 0.3 is 0 Å². The first-order valence-corrected chi connectivity index (χ1v) is 14.2. The predicted octanol–water partition coefficient (Wildman–Crippen LogP) is 2.25. The maximum atomic E-state index is 16.3. The molecule has 3 aromatic rings. The van der Waals surface area contributed by atoms with Crippen molar-refractivity contribution in [3.63, 3.8) is 0 Å². The van der Waals surface area contributed by atoms with E-state index in [4.69, 9.17) is 6.11 Å². The van der Waals surface area contributed by atoms with Gasteiger partial charge in [-0.25, -0.2) is 31.0 Å². The zero-order chi connectivity index (χ0) is 29.0. The third-order valence-corrected chi connectivity index (χ3v) is 9.00. The molecule has 3 aromatic heterocycles. The van der Waals surface area contributed by atoms with Crippen LogP contribution in [0.2, 0.25) is 0 Å². The quantitative estimate of drug-likeness (QED) is 0.396. The molecule has 5 rings (SSSR count). The summed E-state index contributed by atoms with van der Waals surface area (Å²) < 4.78 is 99.9. The van der Waals surface area contributed by atoms with Gasteiger partial charge in [-0.3, -0.25) is 9.20 Å². The van der Waals surface area contributed by atoms with Crippen molar-refractivity contribution >= 4 is 38.5 Å². The van der Waals surface area contributed by atoms with E-state index in [0.717, 1.165) is 10.6 Å². The topological polar surface area (TPSA) is 122 Å². The molecule has 39 heavy (non-hydrogen) atoms. The number of alkyl halides is 3. The smallest absolute Gasteiger partial charge is 0.291 e. The zero-order valence-electron chi connectivity index (χ0n) is 21.8. The fourth-order valence-electron chi connectivity index (χ4n) is 4.41. The Morgan fingerprint density at radius 1 is 1.26 bits per heavy atom. The van der Waals surface area contributed by atoms with Gasteiger partial charge < -0.3 is 14.5 Å². The highest BCUT2D eigenvalue weighted by Gasteiger charge is 2.44. The van der Waals surface area contributed by atoms with E-state index < -0.39 is 50.6 Å². The lowest BCUT2D eigenvalue weighted by Crippen LogP contribution is -2.63. The summed E-state index contributed by atoms with van der Waals surface area (Å²) in [6.45, 7) is 2.55. The number of halogens is 4. The van der Waals surface area contributed by atoms with Crippen LogP contribution in [0, 0.1) is 11.7 Å². The molecule has 0 aromatic carbocycles. The van der Waals surface area contributed by atoms with Crippen LogP contribution >= 0.6 is 11.3 Å². The van der Waals surface area contributed by atoms with Crippen LogP contribution in [0.15, 0.2) is 17.3 Å². The Labute approximate surface area is 226 Å². The summed E-state index contributed by atoms with van der Waals surface area (Å²) in [6, 6.07) is 0. The van der Waals surface area contributed by atoms with Crippen molar-refractivity contribution in [3.8, 4) is 10.8 Å². The minimum atomic E-state index is -4.71. The van der Waals surface area contributed by atoms with E-state index in [2.05, 4.69) is 19.9 Å². The fourth-order valence-corrected chi connectivity index (χ4v) is 6.53. The molecule has 0 radical (unpaired) electrons. The molecule has 2 fully saturated rings. The summed E-state index contributed by atoms with van der Waals surface area (Å²) in [4.78, 5) is 18.8. The first-order valence-electron chi connectivity index (χ1n) is 12.4. The minimum absolute atomic E-state index is 0.0936. The largest absolute Gasteiger partial charge is 0.377 e. The van der Waals surface area contributed by atoms with Crippen LogP contribution in [0.25, 0.3) is 16.3 Å². The number of imidazole rings is 1. The molecule has 2 aliphatic rings. The Balaban J connectivity index is 1.66. The number of anilines is 1. The number of aromatic nitrogens is 4. The van der Waals surface area contributed by atoms with E-state index in [1.807, 2.05) is 0 Å². The second-order valence-electron chi connectivity index (χ2n) is 9.65. The Kier molecular flexibility index (Phi) is 6.93. The summed E-state index contributed by atoms with van der Waals surface area (Å²) in [5.74, 6) is -1.75. The number of nitrogens with zero attached hydrogens (tertiary/aromatic N) is 6. The number of carbonyl (C=O) groups excluding carboxylic acids is 1. The van der Waals surface area contributed by atoms with E-state index in [-0.39, 0.29) is 73.3 Å². The molecule has 2 aliphatic heterocycles. The summed E-state index contributed by atoms with van der Waals surface area (Å²) in [5, 5.41) is 6.37.